The number of carbonyl (C=O) groups is 2. The zero-order valence-electron chi connectivity index (χ0n) is 18.4. The maximum atomic E-state index is 13.2. The standard InChI is InChI=1S/C25H35NO3S/c1-3-15-5-6-19-20(10-15)30-23(22(19)24(28)29-4-2)26-21(27)14-25-11-16-7-17(12-25)9-18(8-16)13-25/h15-18H,3-14H2,1-2H3,(H,26,27). The van der Waals surface area contributed by atoms with Crippen LogP contribution in [0.5, 0.6) is 0 Å². The van der Waals surface area contributed by atoms with Crippen molar-refractivity contribution in [1.29, 1.82) is 0 Å². The van der Waals surface area contributed by atoms with Crippen LogP contribution in [0.1, 0.15) is 92.4 Å². The van der Waals surface area contributed by atoms with Crippen LogP contribution in [0, 0.1) is 29.1 Å². The Kier molecular flexibility index (Phi) is 5.45. The molecule has 1 unspecified atom stereocenters. The lowest BCUT2D eigenvalue weighted by molar-refractivity contribution is -0.124. The molecule has 0 aromatic carbocycles. The summed E-state index contributed by atoms with van der Waals surface area (Å²) in [5.41, 5.74) is 1.99. The summed E-state index contributed by atoms with van der Waals surface area (Å²) in [6, 6.07) is 0. The van der Waals surface area contributed by atoms with Gasteiger partial charge >= 0.3 is 5.97 Å². The lowest BCUT2D eigenvalue weighted by atomic mass is 9.49. The van der Waals surface area contributed by atoms with E-state index < -0.39 is 0 Å². The summed E-state index contributed by atoms with van der Waals surface area (Å²) >= 11 is 1.62. The number of carbonyl (C=O) groups excluding carboxylic acids is 2. The number of fused-ring (bicyclic) bond motifs is 1. The quantitative estimate of drug-likeness (QED) is 0.566. The van der Waals surface area contributed by atoms with Gasteiger partial charge in [-0.3, -0.25) is 4.79 Å². The van der Waals surface area contributed by atoms with Gasteiger partial charge in [-0.05, 0) is 99.4 Å². The number of esters is 1. The fourth-order valence-corrected chi connectivity index (χ4v) is 8.89. The highest BCUT2D eigenvalue weighted by molar-refractivity contribution is 7.17. The third-order valence-electron chi connectivity index (χ3n) is 8.38. The maximum Gasteiger partial charge on any atom is 0.341 e. The molecule has 1 heterocycles. The Balaban J connectivity index is 1.35. The van der Waals surface area contributed by atoms with Gasteiger partial charge in [0.25, 0.3) is 0 Å². The fourth-order valence-electron chi connectivity index (χ4n) is 7.53. The predicted molar refractivity (Wildman–Crippen MR) is 120 cm³/mol. The van der Waals surface area contributed by atoms with Crippen molar-refractivity contribution in [1.82, 2.24) is 0 Å². The van der Waals surface area contributed by atoms with E-state index in [1.165, 1.54) is 49.8 Å². The van der Waals surface area contributed by atoms with Gasteiger partial charge in [-0.15, -0.1) is 11.3 Å². The Morgan fingerprint density at radius 1 is 1.10 bits per heavy atom. The summed E-state index contributed by atoms with van der Waals surface area (Å²) in [5.74, 6) is 3.06. The van der Waals surface area contributed by atoms with Gasteiger partial charge in [0.05, 0.1) is 12.2 Å². The summed E-state index contributed by atoms with van der Waals surface area (Å²) in [4.78, 5) is 27.3. The van der Waals surface area contributed by atoms with E-state index in [0.29, 0.717) is 24.5 Å². The molecule has 5 heteroatoms. The first-order valence-corrected chi connectivity index (χ1v) is 12.9. The number of thiophene rings is 1. The minimum absolute atomic E-state index is 0.105. The van der Waals surface area contributed by atoms with Gasteiger partial charge in [0.1, 0.15) is 5.00 Å². The number of hydrogen-bond donors (Lipinski definition) is 1. The molecule has 0 radical (unpaired) electrons. The molecule has 0 spiro atoms. The van der Waals surface area contributed by atoms with Crippen LogP contribution in [0.4, 0.5) is 5.00 Å². The van der Waals surface area contributed by atoms with Gasteiger partial charge in [0.15, 0.2) is 0 Å². The van der Waals surface area contributed by atoms with E-state index in [0.717, 1.165) is 47.6 Å². The predicted octanol–water partition coefficient (Wildman–Crippen LogP) is 5.98. The van der Waals surface area contributed by atoms with Gasteiger partial charge < -0.3 is 10.1 Å². The highest BCUT2D eigenvalue weighted by atomic mass is 32.1. The van der Waals surface area contributed by atoms with Gasteiger partial charge in [-0.25, -0.2) is 4.79 Å². The first kappa shape index (κ1) is 20.5. The first-order valence-electron chi connectivity index (χ1n) is 12.1. The lowest BCUT2D eigenvalue weighted by Crippen LogP contribution is -2.47. The van der Waals surface area contributed by atoms with Crippen molar-refractivity contribution in [3.63, 3.8) is 0 Å². The molecule has 1 N–H and O–H groups in total. The van der Waals surface area contributed by atoms with E-state index in [4.69, 9.17) is 4.74 Å². The van der Waals surface area contributed by atoms with Gasteiger partial charge in [-0.1, -0.05) is 13.3 Å². The number of nitrogens with one attached hydrogen (secondary N) is 1. The number of rotatable bonds is 6. The Morgan fingerprint density at radius 3 is 2.37 bits per heavy atom. The largest absolute Gasteiger partial charge is 0.462 e. The third kappa shape index (κ3) is 3.72. The second-order valence-corrected chi connectivity index (χ2v) is 11.7. The lowest BCUT2D eigenvalue weighted by Gasteiger charge is -2.56. The molecular formula is C25H35NO3S. The minimum Gasteiger partial charge on any atom is -0.462 e. The summed E-state index contributed by atoms with van der Waals surface area (Å²) in [6.07, 6.45) is 12.7. The van der Waals surface area contributed by atoms with Gasteiger partial charge in [-0.2, -0.15) is 0 Å². The molecule has 1 atom stereocenters. The van der Waals surface area contributed by atoms with Gasteiger partial charge in [0.2, 0.25) is 5.91 Å². The van der Waals surface area contributed by atoms with Crippen LogP contribution in [0.25, 0.3) is 0 Å². The Labute approximate surface area is 184 Å². The van der Waals surface area contributed by atoms with E-state index in [-0.39, 0.29) is 17.3 Å². The van der Waals surface area contributed by atoms with Crippen LogP contribution < -0.4 is 5.32 Å². The molecule has 164 valence electrons. The zero-order chi connectivity index (χ0) is 20.9. The first-order chi connectivity index (χ1) is 14.5. The van der Waals surface area contributed by atoms with Crippen molar-refractivity contribution in [2.75, 3.05) is 11.9 Å². The number of anilines is 1. The molecule has 1 aromatic rings. The van der Waals surface area contributed by atoms with E-state index in [1.807, 2.05) is 6.92 Å². The summed E-state index contributed by atoms with van der Waals surface area (Å²) in [6.45, 7) is 4.44. The van der Waals surface area contributed by atoms with Crippen molar-refractivity contribution in [3.05, 3.63) is 16.0 Å². The van der Waals surface area contributed by atoms with E-state index in [1.54, 1.807) is 11.3 Å². The summed E-state index contributed by atoms with van der Waals surface area (Å²) < 4.78 is 5.38. The molecule has 4 saturated carbocycles. The van der Waals surface area contributed by atoms with E-state index in [9.17, 15) is 9.59 Å². The number of amides is 1. The normalized spacial score (nSPS) is 33.9. The van der Waals surface area contributed by atoms with Gasteiger partial charge in [0, 0.05) is 11.3 Å². The highest BCUT2D eigenvalue weighted by Gasteiger charge is 2.51. The second-order valence-electron chi connectivity index (χ2n) is 10.6. The highest BCUT2D eigenvalue weighted by Crippen LogP contribution is 2.61. The van der Waals surface area contributed by atoms with Crippen molar-refractivity contribution in [2.45, 2.75) is 84.5 Å². The number of ether oxygens (including phenoxy) is 1. The molecular weight excluding hydrogens is 394 g/mol. The molecule has 5 aliphatic carbocycles. The molecule has 30 heavy (non-hydrogen) atoms. The SMILES string of the molecule is CCOC(=O)c1c(NC(=O)CC23CC4CC(CC(C4)C2)C3)sc2c1CCC(CC)C2. The topological polar surface area (TPSA) is 55.4 Å². The van der Waals surface area contributed by atoms with Crippen LogP contribution in [0.3, 0.4) is 0 Å². The molecule has 0 saturated heterocycles. The molecule has 4 nitrogen and oxygen atoms in total. The Bertz CT molecular complexity index is 806. The molecule has 6 rings (SSSR count). The van der Waals surface area contributed by atoms with Crippen LogP contribution in [0.2, 0.25) is 0 Å². The molecule has 4 bridgehead atoms. The monoisotopic (exact) mass is 429 g/mol. The summed E-state index contributed by atoms with van der Waals surface area (Å²) in [7, 11) is 0. The fraction of sp³-hybridized carbons (Fsp3) is 0.760. The average molecular weight is 430 g/mol. The smallest absolute Gasteiger partial charge is 0.341 e. The zero-order valence-corrected chi connectivity index (χ0v) is 19.2. The van der Waals surface area contributed by atoms with E-state index >= 15 is 0 Å². The van der Waals surface area contributed by atoms with Crippen molar-refractivity contribution >= 4 is 28.2 Å². The van der Waals surface area contributed by atoms with Crippen LogP contribution in [-0.4, -0.2) is 18.5 Å². The number of hydrogen-bond acceptors (Lipinski definition) is 4. The Hall–Kier alpha value is -1.36. The van der Waals surface area contributed by atoms with E-state index in [2.05, 4.69) is 12.2 Å². The van der Waals surface area contributed by atoms with Crippen LogP contribution in [-0.2, 0) is 22.4 Å². The molecule has 1 amide bonds. The summed E-state index contributed by atoms with van der Waals surface area (Å²) in [5, 5.41) is 3.93. The third-order valence-corrected chi connectivity index (χ3v) is 9.55. The molecule has 0 aliphatic heterocycles. The van der Waals surface area contributed by atoms with Crippen molar-refractivity contribution in [2.24, 2.45) is 29.1 Å². The minimum atomic E-state index is -0.268. The second kappa shape index (κ2) is 7.96. The molecule has 4 fully saturated rings. The maximum absolute atomic E-state index is 13.2. The van der Waals surface area contributed by atoms with Crippen LogP contribution >= 0.6 is 11.3 Å². The molecule has 5 aliphatic rings. The van der Waals surface area contributed by atoms with Crippen LogP contribution in [0.15, 0.2) is 0 Å². The average Bonchev–Trinajstić information content (AvgIpc) is 3.03. The van der Waals surface area contributed by atoms with Crippen molar-refractivity contribution < 1.29 is 14.3 Å². The Morgan fingerprint density at radius 2 is 1.77 bits per heavy atom. The molecule has 1 aromatic heterocycles. The van der Waals surface area contributed by atoms with Crippen molar-refractivity contribution in [3.8, 4) is 0 Å².